The van der Waals surface area contributed by atoms with Gasteiger partial charge in [0.25, 0.3) is 0 Å². The highest BCUT2D eigenvalue weighted by molar-refractivity contribution is 7.80. The zero-order valence-electron chi connectivity index (χ0n) is 12.9. The molecule has 116 valence electrons. The third kappa shape index (κ3) is 4.31. The van der Waals surface area contributed by atoms with Gasteiger partial charge < -0.3 is 10.2 Å². The highest BCUT2D eigenvalue weighted by Crippen LogP contribution is 2.21. The fraction of sp³-hybridized carbons (Fsp3) is 0.389. The van der Waals surface area contributed by atoms with Gasteiger partial charge in [0.15, 0.2) is 5.11 Å². The van der Waals surface area contributed by atoms with Crippen molar-refractivity contribution < 1.29 is 0 Å². The SMILES string of the molecule is C[C@@H](Cc1cccs1)N(Cc1ccccc1)C(=S)NC1CC1. The monoisotopic (exact) mass is 330 g/mol. The summed E-state index contributed by atoms with van der Waals surface area (Å²) in [6.07, 6.45) is 3.54. The van der Waals surface area contributed by atoms with Crippen LogP contribution in [0, 0.1) is 0 Å². The average Bonchev–Trinajstić information content (AvgIpc) is 3.19. The number of hydrogen-bond acceptors (Lipinski definition) is 2. The summed E-state index contributed by atoms with van der Waals surface area (Å²) < 4.78 is 0. The van der Waals surface area contributed by atoms with Crippen molar-refractivity contribution in [3.05, 3.63) is 58.3 Å². The molecule has 1 fully saturated rings. The minimum atomic E-state index is 0.387. The molecule has 1 aromatic heterocycles. The van der Waals surface area contributed by atoms with Crippen LogP contribution in [-0.2, 0) is 13.0 Å². The molecule has 3 rings (SSSR count). The maximum atomic E-state index is 5.68. The van der Waals surface area contributed by atoms with E-state index >= 15 is 0 Å². The molecule has 0 spiro atoms. The summed E-state index contributed by atoms with van der Waals surface area (Å²) >= 11 is 7.50. The fourth-order valence-corrected chi connectivity index (χ4v) is 3.76. The Morgan fingerprint density at radius 3 is 2.68 bits per heavy atom. The zero-order chi connectivity index (χ0) is 15.4. The van der Waals surface area contributed by atoms with Crippen LogP contribution in [0.4, 0.5) is 0 Å². The topological polar surface area (TPSA) is 15.3 Å². The zero-order valence-corrected chi connectivity index (χ0v) is 14.5. The summed E-state index contributed by atoms with van der Waals surface area (Å²) in [6.45, 7) is 3.13. The third-order valence-electron chi connectivity index (χ3n) is 3.97. The minimum Gasteiger partial charge on any atom is -0.360 e. The van der Waals surface area contributed by atoms with E-state index in [0.717, 1.165) is 18.1 Å². The lowest BCUT2D eigenvalue weighted by atomic mass is 10.1. The highest BCUT2D eigenvalue weighted by atomic mass is 32.1. The van der Waals surface area contributed by atoms with E-state index in [4.69, 9.17) is 12.2 Å². The van der Waals surface area contributed by atoms with Gasteiger partial charge >= 0.3 is 0 Å². The number of nitrogens with zero attached hydrogens (tertiary/aromatic N) is 1. The molecule has 0 aliphatic heterocycles. The summed E-state index contributed by atoms with van der Waals surface area (Å²) in [5.74, 6) is 0. The quantitative estimate of drug-likeness (QED) is 0.799. The van der Waals surface area contributed by atoms with Crippen LogP contribution in [0.3, 0.4) is 0 Å². The summed E-state index contributed by atoms with van der Waals surface area (Å²) in [5, 5.41) is 6.54. The Morgan fingerprint density at radius 2 is 2.05 bits per heavy atom. The molecule has 0 unspecified atom stereocenters. The number of nitrogens with one attached hydrogen (secondary N) is 1. The maximum Gasteiger partial charge on any atom is 0.169 e. The average molecular weight is 331 g/mol. The summed E-state index contributed by atoms with van der Waals surface area (Å²) in [5.41, 5.74) is 1.31. The van der Waals surface area contributed by atoms with E-state index in [1.54, 1.807) is 0 Å². The molecular weight excluding hydrogens is 308 g/mol. The molecule has 22 heavy (non-hydrogen) atoms. The number of rotatable bonds is 6. The molecule has 1 aromatic carbocycles. The molecule has 4 heteroatoms. The van der Waals surface area contributed by atoms with Crippen molar-refractivity contribution >= 4 is 28.7 Å². The van der Waals surface area contributed by atoms with Crippen molar-refractivity contribution in [1.82, 2.24) is 10.2 Å². The van der Waals surface area contributed by atoms with Gasteiger partial charge in [-0.25, -0.2) is 0 Å². The molecule has 1 heterocycles. The van der Waals surface area contributed by atoms with Gasteiger partial charge in [0.2, 0.25) is 0 Å². The summed E-state index contributed by atoms with van der Waals surface area (Å²) in [6, 6.07) is 15.9. The molecule has 2 nitrogen and oxygen atoms in total. The molecule has 1 aliphatic carbocycles. The summed E-state index contributed by atoms with van der Waals surface area (Å²) in [4.78, 5) is 3.75. The van der Waals surface area contributed by atoms with Crippen molar-refractivity contribution in [2.75, 3.05) is 0 Å². The van der Waals surface area contributed by atoms with E-state index in [-0.39, 0.29) is 0 Å². The fourth-order valence-electron chi connectivity index (χ4n) is 2.52. The Balaban J connectivity index is 1.70. The van der Waals surface area contributed by atoms with E-state index in [1.165, 1.54) is 23.3 Å². The van der Waals surface area contributed by atoms with E-state index in [2.05, 4.69) is 65.0 Å². The molecule has 0 saturated heterocycles. The normalized spacial score (nSPS) is 15.3. The number of thiocarbonyl (C=S) groups is 1. The van der Waals surface area contributed by atoms with Gasteiger partial charge in [-0.1, -0.05) is 36.4 Å². The second-order valence-electron chi connectivity index (χ2n) is 5.97. The first-order valence-corrected chi connectivity index (χ1v) is 9.14. The molecule has 1 saturated carbocycles. The van der Waals surface area contributed by atoms with Gasteiger partial charge in [0, 0.05) is 29.9 Å². The van der Waals surface area contributed by atoms with E-state index < -0.39 is 0 Å². The molecule has 1 aliphatic rings. The van der Waals surface area contributed by atoms with Crippen molar-refractivity contribution in [1.29, 1.82) is 0 Å². The van der Waals surface area contributed by atoms with Gasteiger partial charge in [-0.05, 0) is 49.0 Å². The van der Waals surface area contributed by atoms with Crippen LogP contribution >= 0.6 is 23.6 Å². The predicted octanol–water partition coefficient (Wildman–Crippen LogP) is 4.22. The lowest BCUT2D eigenvalue weighted by Crippen LogP contribution is -2.45. The summed E-state index contributed by atoms with van der Waals surface area (Å²) in [7, 11) is 0. The minimum absolute atomic E-state index is 0.387. The second kappa shape index (κ2) is 7.25. The van der Waals surface area contributed by atoms with Crippen LogP contribution in [-0.4, -0.2) is 22.1 Å². The van der Waals surface area contributed by atoms with Gasteiger partial charge in [-0.15, -0.1) is 11.3 Å². The van der Waals surface area contributed by atoms with Crippen molar-refractivity contribution in [2.24, 2.45) is 0 Å². The Morgan fingerprint density at radius 1 is 1.27 bits per heavy atom. The van der Waals surface area contributed by atoms with Crippen molar-refractivity contribution in [2.45, 2.75) is 44.8 Å². The Labute approximate surface area is 142 Å². The molecule has 2 aromatic rings. The van der Waals surface area contributed by atoms with E-state index in [0.29, 0.717) is 12.1 Å². The molecule has 1 atom stereocenters. The van der Waals surface area contributed by atoms with Gasteiger partial charge in [0.05, 0.1) is 0 Å². The lowest BCUT2D eigenvalue weighted by Gasteiger charge is -2.32. The van der Waals surface area contributed by atoms with E-state index in [1.807, 2.05) is 11.3 Å². The van der Waals surface area contributed by atoms with Crippen LogP contribution in [0.5, 0.6) is 0 Å². The first-order chi connectivity index (χ1) is 10.7. The molecule has 0 bridgehead atoms. The smallest absolute Gasteiger partial charge is 0.169 e. The first-order valence-electron chi connectivity index (χ1n) is 7.86. The van der Waals surface area contributed by atoms with Gasteiger partial charge in [-0.3, -0.25) is 0 Å². The predicted molar refractivity (Wildman–Crippen MR) is 98.2 cm³/mol. The maximum absolute atomic E-state index is 5.68. The van der Waals surface area contributed by atoms with E-state index in [9.17, 15) is 0 Å². The Hall–Kier alpha value is -1.39. The van der Waals surface area contributed by atoms with Gasteiger partial charge in [-0.2, -0.15) is 0 Å². The largest absolute Gasteiger partial charge is 0.360 e. The first kappa shape index (κ1) is 15.5. The molecular formula is C18H22N2S2. The number of thiophene rings is 1. The van der Waals surface area contributed by atoms with Crippen LogP contribution in [0.25, 0.3) is 0 Å². The van der Waals surface area contributed by atoms with Crippen LogP contribution in [0.2, 0.25) is 0 Å². The third-order valence-corrected chi connectivity index (χ3v) is 5.22. The van der Waals surface area contributed by atoms with Crippen molar-refractivity contribution in [3.63, 3.8) is 0 Å². The van der Waals surface area contributed by atoms with Crippen molar-refractivity contribution in [3.8, 4) is 0 Å². The standard InChI is InChI=1S/C18H22N2S2/c1-14(12-17-8-5-11-22-17)20(18(21)19-16-9-10-16)13-15-6-3-2-4-7-15/h2-8,11,14,16H,9-10,12-13H2,1H3,(H,19,21)/t14-/m0/s1. The van der Waals surface area contributed by atoms with Gasteiger partial charge in [0.1, 0.15) is 0 Å². The number of hydrogen-bond donors (Lipinski definition) is 1. The molecule has 0 radical (unpaired) electrons. The Bertz CT molecular complexity index is 591. The number of benzene rings is 1. The highest BCUT2D eigenvalue weighted by Gasteiger charge is 2.26. The second-order valence-corrected chi connectivity index (χ2v) is 7.39. The molecule has 0 amide bonds. The van der Waals surface area contributed by atoms with Crippen LogP contribution < -0.4 is 5.32 Å². The lowest BCUT2D eigenvalue weighted by molar-refractivity contribution is 0.317. The van der Waals surface area contributed by atoms with Crippen LogP contribution in [0.1, 0.15) is 30.2 Å². The Kier molecular flexibility index (Phi) is 5.11. The molecule has 1 N–H and O–H groups in total. The van der Waals surface area contributed by atoms with Crippen LogP contribution in [0.15, 0.2) is 47.8 Å².